The molecule has 0 saturated carbocycles. The summed E-state index contributed by atoms with van der Waals surface area (Å²) in [4.78, 5) is 11.4. The summed E-state index contributed by atoms with van der Waals surface area (Å²) in [5.41, 5.74) is 0.423. The van der Waals surface area contributed by atoms with Crippen molar-refractivity contribution in [2.24, 2.45) is 5.92 Å². The second-order valence-corrected chi connectivity index (χ2v) is 4.58. The van der Waals surface area contributed by atoms with Crippen molar-refractivity contribution in [2.75, 3.05) is 6.61 Å². The fourth-order valence-corrected chi connectivity index (χ4v) is 2.71. The first-order valence-electron chi connectivity index (χ1n) is 5.30. The summed E-state index contributed by atoms with van der Waals surface area (Å²) in [5.74, 6) is 0.169. The minimum Gasteiger partial charge on any atom is -0.453 e. The molecule has 82 valence electrons. The van der Waals surface area contributed by atoms with Gasteiger partial charge in [0.05, 0.1) is 18.8 Å². The second kappa shape index (κ2) is 3.06. The van der Waals surface area contributed by atoms with Crippen LogP contribution in [0.15, 0.2) is 12.2 Å². The van der Waals surface area contributed by atoms with Gasteiger partial charge in [-0.1, -0.05) is 6.58 Å². The Bertz CT molecular complexity index is 323. The summed E-state index contributed by atoms with van der Waals surface area (Å²) >= 11 is 0. The predicted molar refractivity (Wildman–Crippen MR) is 51.2 cm³/mol. The van der Waals surface area contributed by atoms with Gasteiger partial charge >= 0.3 is 5.97 Å². The topological polar surface area (TPSA) is 44.8 Å². The molecule has 3 saturated heterocycles. The van der Waals surface area contributed by atoms with Crippen LogP contribution in [0, 0.1) is 5.92 Å². The van der Waals surface area contributed by atoms with Crippen LogP contribution in [-0.4, -0.2) is 37.0 Å². The van der Waals surface area contributed by atoms with Crippen molar-refractivity contribution in [3.8, 4) is 0 Å². The van der Waals surface area contributed by atoms with Gasteiger partial charge in [-0.2, -0.15) is 0 Å². The van der Waals surface area contributed by atoms with Crippen LogP contribution in [0.4, 0.5) is 0 Å². The SMILES string of the molecule is C=C(C)C(=O)OC1C2CC3COC1C3O2. The van der Waals surface area contributed by atoms with E-state index in [1.165, 1.54) is 0 Å². The Morgan fingerprint density at radius 2 is 2.27 bits per heavy atom. The van der Waals surface area contributed by atoms with Gasteiger partial charge in [0.2, 0.25) is 0 Å². The van der Waals surface area contributed by atoms with E-state index in [4.69, 9.17) is 14.2 Å². The minimum absolute atomic E-state index is 0.0378. The highest BCUT2D eigenvalue weighted by molar-refractivity contribution is 5.87. The van der Waals surface area contributed by atoms with E-state index in [1.54, 1.807) is 6.92 Å². The number of hydrogen-bond acceptors (Lipinski definition) is 4. The highest BCUT2D eigenvalue weighted by atomic mass is 16.6. The molecule has 15 heavy (non-hydrogen) atoms. The van der Waals surface area contributed by atoms with Crippen LogP contribution in [0.1, 0.15) is 13.3 Å². The van der Waals surface area contributed by atoms with Gasteiger partial charge in [0.25, 0.3) is 0 Å². The Morgan fingerprint density at radius 3 is 3.00 bits per heavy atom. The van der Waals surface area contributed by atoms with Crippen molar-refractivity contribution in [1.82, 2.24) is 0 Å². The first-order valence-corrected chi connectivity index (χ1v) is 5.30. The zero-order valence-electron chi connectivity index (χ0n) is 8.64. The average molecular weight is 210 g/mol. The summed E-state index contributed by atoms with van der Waals surface area (Å²) in [6, 6.07) is 0. The maximum atomic E-state index is 11.4. The molecule has 0 aromatic rings. The molecule has 0 aliphatic carbocycles. The maximum Gasteiger partial charge on any atom is 0.333 e. The molecule has 0 aromatic heterocycles. The Labute approximate surface area is 88.2 Å². The van der Waals surface area contributed by atoms with Gasteiger partial charge in [0.1, 0.15) is 6.10 Å². The predicted octanol–water partition coefficient (Wildman–Crippen LogP) is 0.660. The smallest absolute Gasteiger partial charge is 0.333 e. The molecule has 0 amide bonds. The van der Waals surface area contributed by atoms with Crippen LogP contribution in [0.25, 0.3) is 0 Å². The molecular formula is C11H14O4. The Balaban J connectivity index is 1.73. The zero-order valence-corrected chi connectivity index (χ0v) is 8.64. The van der Waals surface area contributed by atoms with E-state index >= 15 is 0 Å². The highest BCUT2D eigenvalue weighted by Crippen LogP contribution is 2.46. The monoisotopic (exact) mass is 210 g/mol. The first kappa shape index (κ1) is 9.36. The third kappa shape index (κ3) is 1.25. The van der Waals surface area contributed by atoms with Gasteiger partial charge in [0.15, 0.2) is 6.10 Å². The molecule has 0 spiro atoms. The number of hydrogen-bond donors (Lipinski definition) is 0. The number of fused-ring (bicyclic) bond motifs is 1. The Kier molecular flexibility index (Phi) is 1.91. The third-order valence-corrected chi connectivity index (χ3v) is 3.44. The van der Waals surface area contributed by atoms with Crippen molar-refractivity contribution in [2.45, 2.75) is 37.8 Å². The lowest BCUT2D eigenvalue weighted by Gasteiger charge is -2.23. The zero-order chi connectivity index (χ0) is 10.6. The molecular weight excluding hydrogens is 196 g/mol. The first-order chi connectivity index (χ1) is 7.16. The molecule has 4 heteroatoms. The minimum atomic E-state index is -0.344. The van der Waals surface area contributed by atoms with Crippen LogP contribution in [-0.2, 0) is 19.0 Å². The van der Waals surface area contributed by atoms with Crippen molar-refractivity contribution < 1.29 is 19.0 Å². The summed E-state index contributed by atoms with van der Waals surface area (Å²) in [6.07, 6.45) is 0.874. The standard InChI is InChI=1S/C11H14O4/c1-5(2)11(12)15-9-7-3-6-4-13-10(9)8(6)14-7/h6-10H,1,3-4H2,2H3. The van der Waals surface area contributed by atoms with Gasteiger partial charge in [0, 0.05) is 11.5 Å². The molecule has 4 nitrogen and oxygen atoms in total. The fraction of sp³-hybridized carbons (Fsp3) is 0.727. The molecule has 3 heterocycles. The average Bonchev–Trinajstić information content (AvgIpc) is 2.76. The Morgan fingerprint density at radius 1 is 1.47 bits per heavy atom. The fourth-order valence-electron chi connectivity index (χ4n) is 2.71. The van der Waals surface area contributed by atoms with Gasteiger partial charge < -0.3 is 14.2 Å². The Hall–Kier alpha value is -0.870. The molecule has 5 unspecified atom stereocenters. The molecule has 3 fully saturated rings. The molecule has 0 aromatic carbocycles. The second-order valence-electron chi connectivity index (χ2n) is 4.58. The lowest BCUT2D eigenvalue weighted by Crippen LogP contribution is -2.40. The van der Waals surface area contributed by atoms with Crippen molar-refractivity contribution in [1.29, 1.82) is 0 Å². The highest BCUT2D eigenvalue weighted by Gasteiger charge is 2.60. The number of ether oxygens (including phenoxy) is 3. The number of carbonyl (C=O) groups excluding carboxylic acids is 1. The van der Waals surface area contributed by atoms with E-state index in [2.05, 4.69) is 6.58 Å². The summed E-state index contributed by atoms with van der Waals surface area (Å²) in [5, 5.41) is 0. The number of rotatable bonds is 2. The van der Waals surface area contributed by atoms with Crippen molar-refractivity contribution in [3.63, 3.8) is 0 Å². The van der Waals surface area contributed by atoms with Crippen LogP contribution in [0.2, 0.25) is 0 Å². The number of esters is 1. The van der Waals surface area contributed by atoms with Gasteiger partial charge in [-0.05, 0) is 13.3 Å². The van der Waals surface area contributed by atoms with Gasteiger partial charge in [-0.3, -0.25) is 0 Å². The quantitative estimate of drug-likeness (QED) is 0.496. The molecule has 0 N–H and O–H groups in total. The van der Waals surface area contributed by atoms with Crippen molar-refractivity contribution >= 4 is 5.97 Å². The summed E-state index contributed by atoms with van der Waals surface area (Å²) < 4.78 is 16.7. The van der Waals surface area contributed by atoms with Gasteiger partial charge in [-0.15, -0.1) is 0 Å². The summed E-state index contributed by atoms with van der Waals surface area (Å²) in [6.45, 7) is 5.95. The van der Waals surface area contributed by atoms with E-state index in [-0.39, 0.29) is 30.4 Å². The van der Waals surface area contributed by atoms with E-state index in [1.807, 2.05) is 0 Å². The van der Waals surface area contributed by atoms with E-state index < -0.39 is 0 Å². The van der Waals surface area contributed by atoms with Crippen LogP contribution >= 0.6 is 0 Å². The van der Waals surface area contributed by atoms with Gasteiger partial charge in [-0.25, -0.2) is 4.79 Å². The van der Waals surface area contributed by atoms with E-state index in [0.717, 1.165) is 13.0 Å². The molecule has 3 aliphatic rings. The lowest BCUT2D eigenvalue weighted by atomic mass is 9.88. The maximum absolute atomic E-state index is 11.4. The van der Waals surface area contributed by atoms with Crippen LogP contribution in [0.5, 0.6) is 0 Å². The largest absolute Gasteiger partial charge is 0.453 e. The molecule has 5 atom stereocenters. The summed E-state index contributed by atoms with van der Waals surface area (Å²) in [7, 11) is 0. The normalized spacial score (nSPS) is 45.8. The van der Waals surface area contributed by atoms with Crippen molar-refractivity contribution in [3.05, 3.63) is 12.2 Å². The molecule has 3 rings (SSSR count). The van der Waals surface area contributed by atoms with Crippen LogP contribution < -0.4 is 0 Å². The third-order valence-electron chi connectivity index (χ3n) is 3.44. The van der Waals surface area contributed by atoms with E-state index in [9.17, 15) is 4.79 Å². The van der Waals surface area contributed by atoms with Crippen LogP contribution in [0.3, 0.4) is 0 Å². The lowest BCUT2D eigenvalue weighted by molar-refractivity contribution is -0.151. The molecule has 3 aliphatic heterocycles. The molecule has 0 radical (unpaired) electrons. The van der Waals surface area contributed by atoms with E-state index in [0.29, 0.717) is 11.5 Å². The number of carbonyl (C=O) groups is 1. The molecule has 2 bridgehead atoms.